The van der Waals surface area contributed by atoms with Crippen LogP contribution in [0.25, 0.3) is 0 Å². The maximum atomic E-state index is 13.8. The summed E-state index contributed by atoms with van der Waals surface area (Å²) in [5.74, 6) is 2.03. The molecular weight excluding hydrogens is 1560 g/mol. The molecule has 4 aromatic carbocycles. The molecule has 1 aliphatic heterocycles. The van der Waals surface area contributed by atoms with E-state index in [9.17, 15) is 83.8 Å². The van der Waals surface area contributed by atoms with Gasteiger partial charge in [-0.3, -0.25) is 12.5 Å². The third kappa shape index (κ3) is 27.8. The molecule has 8 rings (SSSR count). The quantitative estimate of drug-likeness (QED) is 0.0323. The molecule has 29 heteroatoms. The van der Waals surface area contributed by atoms with Crippen LogP contribution in [0.1, 0.15) is 368 Å². The maximum absolute atomic E-state index is 13.8. The number of halogens is 6. The highest BCUT2D eigenvalue weighted by Gasteiger charge is 2.62. The second kappa shape index (κ2) is 40.6. The molecule has 0 amide bonds. The molecule has 3 aliphatic carbocycles. The summed E-state index contributed by atoms with van der Waals surface area (Å²) in [6, 6.07) is 21.8. The van der Waals surface area contributed by atoms with Crippen molar-refractivity contribution in [1.82, 2.24) is 3.71 Å². The SMILES string of the molecule is CC(C)(O)CCOS(=O)(=O)c1c(C2CCCCC2)cc(C2CCCCC2)cc1C1CCCCC1.CC(C)c1cc(C(C)C)c(S(=O)(=O)OCCC(C)(C)O)c(C(C)C)c1.CC(C)c1cc(C(C)C)c(S(=O)(=O)OCCC(C)(O)c2ccccc2)c(C(C)C)c1.CC1(CCN(S(=O)(=O)C(F)(F)F)S(=O)(=O)C(F)(F)F)CCCO1. The van der Waals surface area contributed by atoms with E-state index < -0.39 is 100 Å². The van der Waals surface area contributed by atoms with E-state index in [1.165, 1.54) is 83.1 Å². The zero-order chi connectivity index (χ0) is 84.8. The van der Waals surface area contributed by atoms with Crippen LogP contribution in [0, 0.1) is 0 Å². The van der Waals surface area contributed by atoms with Crippen LogP contribution in [-0.2, 0) is 73.3 Å². The number of aliphatic hydroxyl groups is 3. The number of ether oxygens (including phenoxy) is 1. The lowest BCUT2D eigenvalue weighted by Gasteiger charge is -2.32. The van der Waals surface area contributed by atoms with Gasteiger partial charge < -0.3 is 20.1 Å². The molecule has 0 aromatic heterocycles. The minimum atomic E-state index is -6.73. The second-order valence-corrected chi connectivity index (χ2v) is 43.0. The first-order valence-electron chi connectivity index (χ1n) is 39.9. The van der Waals surface area contributed by atoms with Crippen molar-refractivity contribution in [3.8, 4) is 0 Å². The van der Waals surface area contributed by atoms with Gasteiger partial charge in [0, 0.05) is 32.4 Å². The number of sulfonamides is 2. The highest BCUT2D eigenvalue weighted by Crippen LogP contribution is 2.48. The smallest absolute Gasteiger partial charge is 0.390 e. The molecule has 640 valence electrons. The van der Waals surface area contributed by atoms with Crippen LogP contribution in [-0.4, -0.2) is 122 Å². The summed E-state index contributed by atoms with van der Waals surface area (Å²) in [5.41, 5.74) is -6.97. The number of hydrogen-bond acceptors (Lipinski definition) is 17. The number of hydrogen-bond donors (Lipinski definition) is 3. The van der Waals surface area contributed by atoms with E-state index in [1.807, 2.05) is 110 Å². The molecule has 112 heavy (non-hydrogen) atoms. The minimum absolute atomic E-state index is 0.0183. The van der Waals surface area contributed by atoms with Gasteiger partial charge in [-0.15, -0.1) is 0 Å². The molecule has 0 spiro atoms. The first kappa shape index (κ1) is 98.5. The van der Waals surface area contributed by atoms with E-state index >= 15 is 0 Å². The molecule has 2 atom stereocenters. The minimum Gasteiger partial charge on any atom is -0.390 e. The Bertz CT molecular complexity index is 4120. The molecule has 1 saturated heterocycles. The lowest BCUT2D eigenvalue weighted by molar-refractivity contribution is -0.0543. The fourth-order valence-electron chi connectivity index (χ4n) is 14.7. The lowest BCUT2D eigenvalue weighted by atomic mass is 9.76. The lowest BCUT2D eigenvalue weighted by Crippen LogP contribution is -2.50. The third-order valence-electron chi connectivity index (χ3n) is 21.6. The van der Waals surface area contributed by atoms with Crippen molar-refractivity contribution in [3.63, 3.8) is 0 Å². The third-order valence-corrected chi connectivity index (χ3v) is 29.7. The summed E-state index contributed by atoms with van der Waals surface area (Å²) in [5, 5.41) is 30.7. The Morgan fingerprint density at radius 1 is 0.446 bits per heavy atom. The van der Waals surface area contributed by atoms with Crippen LogP contribution in [0.3, 0.4) is 0 Å². The summed E-state index contributed by atoms with van der Waals surface area (Å²) in [4.78, 5) is 1.09. The molecule has 4 fully saturated rings. The molecule has 0 bridgehead atoms. The molecule has 4 aliphatic rings. The Balaban J connectivity index is 0.000000270. The van der Waals surface area contributed by atoms with E-state index in [4.69, 9.17) is 17.3 Å². The van der Waals surface area contributed by atoms with E-state index in [0.717, 1.165) is 75.8 Å². The van der Waals surface area contributed by atoms with Crippen LogP contribution in [0.4, 0.5) is 26.3 Å². The average Bonchev–Trinajstić information content (AvgIpc) is 0.788. The van der Waals surface area contributed by atoms with Crippen LogP contribution in [0.15, 0.2) is 81.4 Å². The molecule has 3 saturated carbocycles. The summed E-state index contributed by atoms with van der Waals surface area (Å²) < 4.78 is 220. The molecule has 0 radical (unpaired) electrons. The Morgan fingerprint density at radius 3 is 1.06 bits per heavy atom. The van der Waals surface area contributed by atoms with Gasteiger partial charge in [0.25, 0.3) is 30.4 Å². The van der Waals surface area contributed by atoms with E-state index in [2.05, 4.69) is 39.8 Å². The Morgan fingerprint density at radius 2 is 0.768 bits per heavy atom. The molecule has 1 heterocycles. The largest absolute Gasteiger partial charge is 0.512 e. The van der Waals surface area contributed by atoms with Gasteiger partial charge >= 0.3 is 31.1 Å². The van der Waals surface area contributed by atoms with Crippen LogP contribution < -0.4 is 0 Å². The van der Waals surface area contributed by atoms with Gasteiger partial charge in [0.05, 0.1) is 42.2 Å². The highest BCUT2D eigenvalue weighted by atomic mass is 32.3. The number of benzene rings is 4. The number of nitrogens with zero attached hydrogens (tertiary/aromatic N) is 1. The predicted molar refractivity (Wildman–Crippen MR) is 428 cm³/mol. The van der Waals surface area contributed by atoms with Gasteiger partial charge in [0.15, 0.2) is 0 Å². The van der Waals surface area contributed by atoms with Crippen molar-refractivity contribution >= 4 is 50.4 Å². The van der Waals surface area contributed by atoms with Gasteiger partial charge in [0.1, 0.15) is 14.7 Å². The Labute approximate surface area is 667 Å². The van der Waals surface area contributed by atoms with Crippen molar-refractivity contribution in [1.29, 1.82) is 0 Å². The summed E-state index contributed by atoms with van der Waals surface area (Å²) in [6.45, 7) is 32.7. The van der Waals surface area contributed by atoms with Gasteiger partial charge in [-0.05, 0) is 208 Å². The van der Waals surface area contributed by atoms with E-state index in [0.29, 0.717) is 52.2 Å². The number of rotatable bonds is 30. The first-order valence-corrected chi connectivity index (χ1v) is 47.0. The van der Waals surface area contributed by atoms with Gasteiger partial charge in [-0.1, -0.05) is 211 Å². The van der Waals surface area contributed by atoms with Crippen molar-refractivity contribution in [3.05, 3.63) is 122 Å². The molecule has 3 N–H and O–H groups in total. The van der Waals surface area contributed by atoms with Crippen LogP contribution in [0.2, 0.25) is 0 Å². The van der Waals surface area contributed by atoms with Crippen molar-refractivity contribution < 1.29 is 101 Å². The fraction of sp³-hybridized carbons (Fsp3) is 0.711. The van der Waals surface area contributed by atoms with Gasteiger partial charge in [-0.25, -0.2) is 16.8 Å². The summed E-state index contributed by atoms with van der Waals surface area (Å²) in [7, 11) is -25.2. The predicted octanol–water partition coefficient (Wildman–Crippen LogP) is 20.6. The van der Waals surface area contributed by atoms with Gasteiger partial charge in [0.2, 0.25) is 0 Å². The average molecular weight is 1690 g/mol. The van der Waals surface area contributed by atoms with Gasteiger partial charge in [-0.2, -0.15) is 51.6 Å². The molecule has 4 aromatic rings. The van der Waals surface area contributed by atoms with Crippen LogP contribution >= 0.6 is 0 Å². The second-order valence-electron chi connectivity index (χ2n) is 34.4. The van der Waals surface area contributed by atoms with Crippen molar-refractivity contribution in [2.45, 2.75) is 361 Å². The van der Waals surface area contributed by atoms with E-state index in [-0.39, 0.29) is 74.3 Å². The zero-order valence-electron chi connectivity index (χ0n) is 69.2. The van der Waals surface area contributed by atoms with Crippen molar-refractivity contribution in [2.24, 2.45) is 0 Å². The monoisotopic (exact) mass is 1690 g/mol. The molecule has 18 nitrogen and oxygen atoms in total. The molecule has 2 unspecified atom stereocenters. The standard InChI is InChI=1S/C29H46O4S.C25H36O4S.C20H34O4S.C9H13F6NO5S2/c1-29(2,30)18-19-33-34(31,32)28-26(23-14-8-4-9-15-23)20-25(22-12-6-3-7-13-22)21-27(28)24-16-10-5-11-17-24;1-17(2)20-15-22(18(3)4)24(23(16-20)19(5)6)30(27,28)29-14-13-25(7,26)21-11-9-8-10-12-21;1-13(2)16-11-17(14(3)4)19(18(12-16)15(5)6)25(22,23)24-10-9-20(7,8)21;1-7(3-2-6-21-7)4-5-16(22(17,18)8(10,11)12)23(19,20)9(13,14)15/h20-24,30H,3-19H2,1-2H3;8-12,15-19,26H,13-14H2,1-7H3;11-15,21H,9-10H2,1-8H3;2-6H2,1H3. The number of alkyl halides is 6. The van der Waals surface area contributed by atoms with Crippen molar-refractivity contribution in [2.75, 3.05) is 33.0 Å². The maximum Gasteiger partial charge on any atom is 0.512 e. The Kier molecular flexibility index (Phi) is 35.7. The fourth-order valence-corrected chi connectivity index (χ4v) is 22.0. The first-order chi connectivity index (χ1) is 51.4. The van der Waals surface area contributed by atoms with Crippen LogP contribution in [0.5, 0.6) is 0 Å². The topological polar surface area (TPSA) is 272 Å². The Hall–Kier alpha value is -4.11. The van der Waals surface area contributed by atoms with E-state index in [1.54, 1.807) is 34.6 Å². The normalized spacial score (nSPS) is 18.6. The summed E-state index contributed by atoms with van der Waals surface area (Å²) >= 11 is 0. The highest BCUT2D eigenvalue weighted by molar-refractivity contribution is 8.04. The molecular formula is C83H129F6NO17S5. The zero-order valence-corrected chi connectivity index (χ0v) is 73.3. The summed E-state index contributed by atoms with van der Waals surface area (Å²) in [6.07, 6.45) is 18.6.